The molecule has 18 heavy (non-hydrogen) atoms. The molecular weight excluding hydrogens is 222 g/mol. The zero-order valence-corrected chi connectivity index (χ0v) is 10.5. The molecule has 0 saturated carbocycles. The molecule has 1 aliphatic carbocycles. The Balaban J connectivity index is 1.74. The van der Waals surface area contributed by atoms with E-state index in [9.17, 15) is 0 Å². The molecule has 2 unspecified atom stereocenters. The van der Waals surface area contributed by atoms with Gasteiger partial charge in [-0.25, -0.2) is 0 Å². The first-order valence-corrected chi connectivity index (χ1v) is 6.39. The van der Waals surface area contributed by atoms with Gasteiger partial charge in [0.25, 0.3) is 0 Å². The van der Waals surface area contributed by atoms with Gasteiger partial charge in [0.2, 0.25) is 0 Å². The van der Waals surface area contributed by atoms with Gasteiger partial charge in [-0.3, -0.25) is 9.97 Å². The van der Waals surface area contributed by atoms with Gasteiger partial charge in [-0.15, -0.1) is 0 Å². The second-order valence-corrected chi connectivity index (χ2v) is 4.81. The van der Waals surface area contributed by atoms with Crippen molar-refractivity contribution in [2.24, 2.45) is 0 Å². The van der Waals surface area contributed by atoms with Crippen LogP contribution in [-0.2, 0) is 6.42 Å². The van der Waals surface area contributed by atoms with Crippen LogP contribution in [0.3, 0.4) is 0 Å². The number of rotatable bonds is 4. The van der Waals surface area contributed by atoms with Crippen molar-refractivity contribution in [2.75, 3.05) is 7.05 Å². The topological polar surface area (TPSA) is 37.8 Å². The summed E-state index contributed by atoms with van der Waals surface area (Å²) < 4.78 is 0. The zero-order chi connectivity index (χ0) is 12.4. The molecule has 0 radical (unpaired) electrons. The lowest BCUT2D eigenvalue weighted by atomic mass is 9.74. The van der Waals surface area contributed by atoms with Crippen LogP contribution >= 0.6 is 0 Å². The summed E-state index contributed by atoms with van der Waals surface area (Å²) in [5.74, 6) is 0.653. The monoisotopic (exact) mass is 239 g/mol. The van der Waals surface area contributed by atoms with E-state index in [4.69, 9.17) is 0 Å². The van der Waals surface area contributed by atoms with Gasteiger partial charge in [-0.05, 0) is 36.9 Å². The Morgan fingerprint density at radius 2 is 2.22 bits per heavy atom. The minimum Gasteiger partial charge on any atom is -0.312 e. The molecule has 2 aromatic rings. The van der Waals surface area contributed by atoms with Crippen molar-refractivity contribution in [3.05, 3.63) is 59.7 Å². The first-order valence-electron chi connectivity index (χ1n) is 6.39. The van der Waals surface area contributed by atoms with Crippen molar-refractivity contribution in [1.29, 1.82) is 0 Å². The van der Waals surface area contributed by atoms with Crippen LogP contribution in [0.4, 0.5) is 0 Å². The third-order valence-corrected chi connectivity index (χ3v) is 3.77. The molecule has 0 saturated heterocycles. The predicted molar refractivity (Wildman–Crippen MR) is 71.3 cm³/mol. The number of hydrogen-bond donors (Lipinski definition) is 1. The summed E-state index contributed by atoms with van der Waals surface area (Å²) in [6.45, 7) is 0. The third-order valence-electron chi connectivity index (χ3n) is 3.77. The lowest BCUT2D eigenvalue weighted by Gasteiger charge is -2.32. The van der Waals surface area contributed by atoms with E-state index in [1.54, 1.807) is 12.4 Å². The van der Waals surface area contributed by atoms with Gasteiger partial charge in [0.15, 0.2) is 0 Å². The standard InChI is InChI=1S/C15H17N3/c1-16-14(15-10-17-6-7-18-15)9-12-8-11-4-2-3-5-13(11)12/h2-7,10,12,14,16H,8-9H2,1H3. The van der Waals surface area contributed by atoms with Crippen LogP contribution in [0.15, 0.2) is 42.9 Å². The van der Waals surface area contributed by atoms with Crippen molar-refractivity contribution in [1.82, 2.24) is 15.3 Å². The van der Waals surface area contributed by atoms with Gasteiger partial charge in [-0.1, -0.05) is 24.3 Å². The predicted octanol–water partition coefficient (Wildman–Crippen LogP) is 2.47. The molecule has 1 aromatic carbocycles. The van der Waals surface area contributed by atoms with Gasteiger partial charge in [-0.2, -0.15) is 0 Å². The van der Waals surface area contributed by atoms with Crippen molar-refractivity contribution in [3.63, 3.8) is 0 Å². The van der Waals surface area contributed by atoms with Crippen LogP contribution in [-0.4, -0.2) is 17.0 Å². The van der Waals surface area contributed by atoms with Crippen LogP contribution in [0, 0.1) is 0 Å². The maximum atomic E-state index is 4.39. The Hall–Kier alpha value is -1.74. The molecule has 0 aliphatic heterocycles. The summed E-state index contributed by atoms with van der Waals surface area (Å²) in [5.41, 5.74) is 4.03. The second-order valence-electron chi connectivity index (χ2n) is 4.81. The largest absolute Gasteiger partial charge is 0.312 e. The van der Waals surface area contributed by atoms with E-state index in [-0.39, 0.29) is 6.04 Å². The molecule has 1 N–H and O–H groups in total. The molecule has 1 heterocycles. The Labute approximate surface area is 107 Å². The first kappa shape index (κ1) is 11.4. The SMILES string of the molecule is CNC(CC1Cc2ccccc21)c1cnccn1. The number of nitrogens with one attached hydrogen (secondary N) is 1. The minimum atomic E-state index is 0.289. The zero-order valence-electron chi connectivity index (χ0n) is 10.5. The smallest absolute Gasteiger partial charge is 0.0756 e. The summed E-state index contributed by atoms with van der Waals surface area (Å²) in [7, 11) is 1.99. The van der Waals surface area contributed by atoms with Crippen LogP contribution < -0.4 is 5.32 Å². The van der Waals surface area contributed by atoms with E-state index in [2.05, 4.69) is 39.6 Å². The fourth-order valence-electron chi connectivity index (χ4n) is 2.73. The number of aromatic nitrogens is 2. The molecule has 3 heteroatoms. The number of benzene rings is 1. The van der Waals surface area contributed by atoms with Crippen molar-refractivity contribution in [2.45, 2.75) is 24.8 Å². The number of nitrogens with zero attached hydrogens (tertiary/aromatic N) is 2. The van der Waals surface area contributed by atoms with E-state index in [1.807, 2.05) is 13.2 Å². The van der Waals surface area contributed by atoms with Crippen molar-refractivity contribution < 1.29 is 0 Å². The first-order chi connectivity index (χ1) is 8.88. The van der Waals surface area contributed by atoms with Gasteiger partial charge in [0, 0.05) is 18.6 Å². The highest BCUT2D eigenvalue weighted by Gasteiger charge is 2.28. The lowest BCUT2D eigenvalue weighted by Crippen LogP contribution is -2.25. The Bertz CT molecular complexity index is 524. The Morgan fingerprint density at radius 3 is 2.94 bits per heavy atom. The summed E-state index contributed by atoms with van der Waals surface area (Å²) in [6, 6.07) is 9.00. The summed E-state index contributed by atoms with van der Waals surface area (Å²) in [4.78, 5) is 8.54. The van der Waals surface area contributed by atoms with Gasteiger partial charge < -0.3 is 5.32 Å². The maximum absolute atomic E-state index is 4.39. The summed E-state index contributed by atoms with van der Waals surface area (Å²) in [6.07, 6.45) is 7.61. The average molecular weight is 239 g/mol. The normalized spacial score (nSPS) is 18.8. The molecule has 92 valence electrons. The second kappa shape index (κ2) is 4.86. The van der Waals surface area contributed by atoms with Crippen LogP contribution in [0.2, 0.25) is 0 Å². The Kier molecular flexibility index (Phi) is 3.07. The Morgan fingerprint density at radius 1 is 1.33 bits per heavy atom. The highest BCUT2D eigenvalue weighted by molar-refractivity contribution is 5.40. The van der Waals surface area contributed by atoms with Gasteiger partial charge in [0.1, 0.15) is 0 Å². The summed E-state index contributed by atoms with van der Waals surface area (Å²) in [5, 5.41) is 3.35. The molecule has 0 fully saturated rings. The van der Waals surface area contributed by atoms with Crippen LogP contribution in [0.5, 0.6) is 0 Å². The highest BCUT2D eigenvalue weighted by atomic mass is 14.9. The molecule has 1 aliphatic rings. The number of fused-ring (bicyclic) bond motifs is 1. The van der Waals surface area contributed by atoms with E-state index in [0.717, 1.165) is 12.1 Å². The highest BCUT2D eigenvalue weighted by Crippen LogP contribution is 2.40. The molecule has 0 spiro atoms. The average Bonchev–Trinajstić information content (AvgIpc) is 2.41. The summed E-state index contributed by atoms with van der Waals surface area (Å²) >= 11 is 0. The fourth-order valence-corrected chi connectivity index (χ4v) is 2.73. The van der Waals surface area contributed by atoms with Gasteiger partial charge in [0.05, 0.1) is 11.7 Å². The van der Waals surface area contributed by atoms with Crippen molar-refractivity contribution >= 4 is 0 Å². The van der Waals surface area contributed by atoms with Crippen LogP contribution in [0.1, 0.15) is 35.2 Å². The van der Waals surface area contributed by atoms with E-state index < -0.39 is 0 Å². The molecule has 3 nitrogen and oxygen atoms in total. The molecule has 0 bridgehead atoms. The number of hydrogen-bond acceptors (Lipinski definition) is 3. The molecule has 2 atom stereocenters. The van der Waals surface area contributed by atoms with Gasteiger partial charge >= 0.3 is 0 Å². The fraction of sp³-hybridized carbons (Fsp3) is 0.333. The van der Waals surface area contributed by atoms with Crippen LogP contribution in [0.25, 0.3) is 0 Å². The molecule has 1 aromatic heterocycles. The van der Waals surface area contributed by atoms with E-state index in [0.29, 0.717) is 5.92 Å². The van der Waals surface area contributed by atoms with Crippen molar-refractivity contribution in [3.8, 4) is 0 Å². The molecule has 0 amide bonds. The van der Waals surface area contributed by atoms with E-state index in [1.165, 1.54) is 17.5 Å². The lowest BCUT2D eigenvalue weighted by molar-refractivity contribution is 0.444. The molecular formula is C15H17N3. The quantitative estimate of drug-likeness (QED) is 0.890. The maximum Gasteiger partial charge on any atom is 0.0756 e. The minimum absolute atomic E-state index is 0.289. The third kappa shape index (κ3) is 2.02. The van der Waals surface area contributed by atoms with E-state index >= 15 is 0 Å². The molecule has 3 rings (SSSR count).